The highest BCUT2D eigenvalue weighted by Crippen LogP contribution is 2.17. The van der Waals surface area contributed by atoms with Crippen molar-refractivity contribution in [2.24, 2.45) is 0 Å². The number of ether oxygens (including phenoxy) is 1. The summed E-state index contributed by atoms with van der Waals surface area (Å²) in [5, 5.41) is 11.3. The first-order valence-electron chi connectivity index (χ1n) is 6.88. The lowest BCUT2D eigenvalue weighted by Gasteiger charge is -2.09. The van der Waals surface area contributed by atoms with Crippen molar-refractivity contribution in [2.75, 3.05) is 11.9 Å². The smallest absolute Gasteiger partial charge is 0.306 e. The van der Waals surface area contributed by atoms with Crippen molar-refractivity contribution in [1.29, 1.82) is 0 Å². The molecule has 5 nitrogen and oxygen atoms in total. The molecule has 2 aromatic carbocycles. The molecule has 0 unspecified atom stereocenters. The van der Waals surface area contributed by atoms with Crippen LogP contribution in [0.5, 0.6) is 5.75 Å². The molecule has 2 aromatic rings. The molecule has 0 aliphatic carbocycles. The van der Waals surface area contributed by atoms with Gasteiger partial charge in [-0.1, -0.05) is 18.2 Å². The number of aliphatic carboxylic acids is 1. The Morgan fingerprint density at radius 1 is 1.09 bits per heavy atom. The molecule has 0 fully saturated rings. The van der Waals surface area contributed by atoms with Gasteiger partial charge in [0.25, 0.3) is 5.91 Å². The van der Waals surface area contributed by atoms with Crippen molar-refractivity contribution in [3.05, 3.63) is 59.7 Å². The van der Waals surface area contributed by atoms with Crippen LogP contribution < -0.4 is 10.1 Å². The molecular weight excluding hydrogens is 282 g/mol. The molecule has 0 saturated carbocycles. The second-order valence-corrected chi connectivity index (χ2v) is 4.79. The number of carbonyl (C=O) groups excluding carboxylic acids is 1. The summed E-state index contributed by atoms with van der Waals surface area (Å²) in [5.41, 5.74) is 2.19. The summed E-state index contributed by atoms with van der Waals surface area (Å²) in [6.07, 6.45) is -0.0498. The summed E-state index contributed by atoms with van der Waals surface area (Å²) in [6, 6.07) is 14.2. The number of aryl methyl sites for hydroxylation is 1. The summed E-state index contributed by atoms with van der Waals surface area (Å²) in [6.45, 7) is 2.00. The number of rotatable bonds is 6. The Kier molecular flexibility index (Phi) is 5.14. The second kappa shape index (κ2) is 7.26. The van der Waals surface area contributed by atoms with Gasteiger partial charge < -0.3 is 15.2 Å². The summed E-state index contributed by atoms with van der Waals surface area (Å²) < 4.78 is 5.29. The zero-order valence-electron chi connectivity index (χ0n) is 12.2. The van der Waals surface area contributed by atoms with E-state index >= 15 is 0 Å². The third kappa shape index (κ3) is 4.34. The molecule has 0 spiro atoms. The Balaban J connectivity index is 1.95. The van der Waals surface area contributed by atoms with Gasteiger partial charge in [0.2, 0.25) is 0 Å². The molecule has 1 amide bonds. The lowest BCUT2D eigenvalue weighted by Crippen LogP contribution is -2.13. The van der Waals surface area contributed by atoms with Gasteiger partial charge in [0, 0.05) is 11.3 Å². The number of nitrogens with one attached hydrogen (secondary N) is 1. The largest absolute Gasteiger partial charge is 0.493 e. The number of hydrogen-bond acceptors (Lipinski definition) is 3. The maximum atomic E-state index is 12.2. The van der Waals surface area contributed by atoms with Crippen molar-refractivity contribution >= 4 is 17.6 Å². The van der Waals surface area contributed by atoms with E-state index in [1.807, 2.05) is 25.1 Å². The molecule has 0 atom stereocenters. The van der Waals surface area contributed by atoms with E-state index in [1.165, 1.54) is 0 Å². The van der Waals surface area contributed by atoms with Gasteiger partial charge in [0.1, 0.15) is 5.75 Å². The molecule has 2 N–H and O–H groups in total. The molecule has 0 radical (unpaired) electrons. The summed E-state index contributed by atoms with van der Waals surface area (Å²) in [4.78, 5) is 22.6. The molecule has 2 rings (SSSR count). The van der Waals surface area contributed by atoms with Crippen LogP contribution in [0.3, 0.4) is 0 Å². The predicted octanol–water partition coefficient (Wildman–Crippen LogP) is 3.10. The van der Waals surface area contributed by atoms with Gasteiger partial charge in [-0.05, 0) is 42.8 Å². The number of amides is 1. The van der Waals surface area contributed by atoms with E-state index in [1.54, 1.807) is 30.3 Å². The van der Waals surface area contributed by atoms with Crippen molar-refractivity contribution in [2.45, 2.75) is 13.3 Å². The van der Waals surface area contributed by atoms with Gasteiger partial charge in [0.05, 0.1) is 13.0 Å². The van der Waals surface area contributed by atoms with Crippen LogP contribution in [0.4, 0.5) is 5.69 Å². The minimum atomic E-state index is -0.901. The molecular formula is C17H17NO4. The molecule has 0 aliphatic rings. The lowest BCUT2D eigenvalue weighted by atomic mass is 10.1. The Morgan fingerprint density at radius 3 is 2.41 bits per heavy atom. The van der Waals surface area contributed by atoms with Gasteiger partial charge in [0.15, 0.2) is 0 Å². The van der Waals surface area contributed by atoms with E-state index in [0.717, 1.165) is 5.56 Å². The van der Waals surface area contributed by atoms with Gasteiger partial charge in [-0.15, -0.1) is 0 Å². The zero-order chi connectivity index (χ0) is 15.9. The molecule has 0 saturated heterocycles. The standard InChI is InChI=1S/C17H17NO4/c1-12-4-2-3-5-15(12)17(21)18-13-6-8-14(9-7-13)22-11-10-16(19)20/h2-9H,10-11H2,1H3,(H,18,21)(H,19,20). The van der Waals surface area contributed by atoms with Crippen LogP contribution in [0.15, 0.2) is 48.5 Å². The van der Waals surface area contributed by atoms with Crippen LogP contribution >= 0.6 is 0 Å². The Bertz CT molecular complexity index is 665. The van der Waals surface area contributed by atoms with Crippen molar-refractivity contribution < 1.29 is 19.4 Å². The van der Waals surface area contributed by atoms with Crippen LogP contribution in [0, 0.1) is 6.92 Å². The summed E-state index contributed by atoms with van der Waals surface area (Å²) in [5.74, 6) is -0.505. The highest BCUT2D eigenvalue weighted by molar-refractivity contribution is 6.05. The molecule has 0 bridgehead atoms. The fraction of sp³-hybridized carbons (Fsp3) is 0.176. The van der Waals surface area contributed by atoms with E-state index < -0.39 is 5.97 Å². The van der Waals surface area contributed by atoms with Crippen LogP contribution in [0.25, 0.3) is 0 Å². The van der Waals surface area contributed by atoms with Gasteiger partial charge in [-0.25, -0.2) is 0 Å². The number of carboxylic acids is 1. The fourth-order valence-electron chi connectivity index (χ4n) is 1.92. The highest BCUT2D eigenvalue weighted by Gasteiger charge is 2.08. The SMILES string of the molecule is Cc1ccccc1C(=O)Nc1ccc(OCCC(=O)O)cc1. The average molecular weight is 299 g/mol. The number of carbonyl (C=O) groups is 2. The molecule has 0 aromatic heterocycles. The molecule has 0 heterocycles. The van der Waals surface area contributed by atoms with Crippen molar-refractivity contribution in [3.63, 3.8) is 0 Å². The van der Waals surface area contributed by atoms with E-state index in [2.05, 4.69) is 5.32 Å². The maximum Gasteiger partial charge on any atom is 0.306 e. The topological polar surface area (TPSA) is 75.6 Å². The molecule has 114 valence electrons. The second-order valence-electron chi connectivity index (χ2n) is 4.79. The van der Waals surface area contributed by atoms with Crippen molar-refractivity contribution in [1.82, 2.24) is 0 Å². The average Bonchev–Trinajstić information content (AvgIpc) is 2.49. The first-order chi connectivity index (χ1) is 10.6. The number of hydrogen-bond donors (Lipinski definition) is 2. The molecule has 22 heavy (non-hydrogen) atoms. The zero-order valence-corrected chi connectivity index (χ0v) is 12.2. The van der Waals surface area contributed by atoms with E-state index in [-0.39, 0.29) is 18.9 Å². The first kappa shape index (κ1) is 15.6. The Hall–Kier alpha value is -2.82. The minimum absolute atomic E-state index is 0.0498. The van der Waals surface area contributed by atoms with E-state index in [9.17, 15) is 9.59 Å². The van der Waals surface area contributed by atoms with Gasteiger partial charge in [-0.2, -0.15) is 0 Å². The molecule has 0 aliphatic heterocycles. The Morgan fingerprint density at radius 2 is 1.77 bits per heavy atom. The number of anilines is 1. The fourth-order valence-corrected chi connectivity index (χ4v) is 1.92. The van der Waals surface area contributed by atoms with Gasteiger partial charge in [-0.3, -0.25) is 9.59 Å². The van der Waals surface area contributed by atoms with E-state index in [0.29, 0.717) is 17.0 Å². The first-order valence-corrected chi connectivity index (χ1v) is 6.88. The Labute approximate surface area is 128 Å². The minimum Gasteiger partial charge on any atom is -0.493 e. The lowest BCUT2D eigenvalue weighted by molar-refractivity contribution is -0.137. The monoisotopic (exact) mass is 299 g/mol. The van der Waals surface area contributed by atoms with Crippen LogP contribution in [-0.2, 0) is 4.79 Å². The normalized spacial score (nSPS) is 10.0. The van der Waals surface area contributed by atoms with Gasteiger partial charge >= 0.3 is 5.97 Å². The highest BCUT2D eigenvalue weighted by atomic mass is 16.5. The summed E-state index contributed by atoms with van der Waals surface area (Å²) >= 11 is 0. The van der Waals surface area contributed by atoms with Crippen LogP contribution in [0.1, 0.15) is 22.3 Å². The van der Waals surface area contributed by atoms with Crippen LogP contribution in [-0.4, -0.2) is 23.6 Å². The van der Waals surface area contributed by atoms with Crippen LogP contribution in [0.2, 0.25) is 0 Å². The van der Waals surface area contributed by atoms with Crippen molar-refractivity contribution in [3.8, 4) is 5.75 Å². The third-order valence-corrected chi connectivity index (χ3v) is 3.09. The predicted molar refractivity (Wildman–Crippen MR) is 83.3 cm³/mol. The van der Waals surface area contributed by atoms with E-state index in [4.69, 9.17) is 9.84 Å². The third-order valence-electron chi connectivity index (χ3n) is 3.09. The summed E-state index contributed by atoms with van der Waals surface area (Å²) in [7, 11) is 0. The number of carboxylic acid groups (broad SMARTS) is 1. The quantitative estimate of drug-likeness (QED) is 0.859. The molecule has 5 heteroatoms. The maximum absolute atomic E-state index is 12.2. The number of benzene rings is 2.